The molecule has 1 aliphatic rings. The van der Waals surface area contributed by atoms with Crippen LogP contribution in [-0.4, -0.2) is 13.1 Å². The zero-order chi connectivity index (χ0) is 36.8. The van der Waals surface area contributed by atoms with Crippen molar-refractivity contribution in [1.82, 2.24) is 4.98 Å². The summed E-state index contributed by atoms with van der Waals surface area (Å²) < 4.78 is 6.36. The molecule has 260 valence electrons. The van der Waals surface area contributed by atoms with Gasteiger partial charge in [0.05, 0.1) is 5.69 Å². The predicted octanol–water partition coefficient (Wildman–Crippen LogP) is 11.1. The number of pyridine rings is 1. The van der Waals surface area contributed by atoms with Crippen LogP contribution in [0.5, 0.6) is 0 Å². The van der Waals surface area contributed by atoms with Crippen LogP contribution in [0.4, 0.5) is 0 Å². The third kappa shape index (κ3) is 4.29. The summed E-state index contributed by atoms with van der Waals surface area (Å²) in [5.41, 5.74) is 8.63. The maximum absolute atomic E-state index is 6.36. The van der Waals surface area contributed by atoms with Gasteiger partial charge < -0.3 is 4.42 Å². The molecule has 0 saturated carbocycles. The average Bonchev–Trinajstić information content (AvgIpc) is 3.81. The fourth-order valence-corrected chi connectivity index (χ4v) is 15.0. The van der Waals surface area contributed by atoms with Crippen molar-refractivity contribution in [2.24, 2.45) is 0 Å². The third-order valence-electron chi connectivity index (χ3n) is 12.2. The van der Waals surface area contributed by atoms with Gasteiger partial charge in [0, 0.05) is 28.1 Å². The molecule has 0 unspecified atom stereocenters. The highest BCUT2D eigenvalue weighted by Crippen LogP contribution is 2.43. The van der Waals surface area contributed by atoms with Crippen LogP contribution in [0, 0.1) is 0 Å². The van der Waals surface area contributed by atoms with E-state index in [4.69, 9.17) is 9.40 Å². The normalized spacial score (nSPS) is 13.1. The Morgan fingerprint density at radius 1 is 0.393 bits per heavy atom. The van der Waals surface area contributed by atoms with Crippen molar-refractivity contribution in [3.8, 4) is 33.5 Å². The molecule has 0 saturated heterocycles. The van der Waals surface area contributed by atoms with Gasteiger partial charge in [0.1, 0.15) is 11.2 Å². The first-order chi connectivity index (χ1) is 27.8. The van der Waals surface area contributed by atoms with Gasteiger partial charge in [0.2, 0.25) is 0 Å². The van der Waals surface area contributed by atoms with Crippen molar-refractivity contribution in [2.75, 3.05) is 0 Å². The van der Waals surface area contributed by atoms with Crippen LogP contribution in [0.15, 0.2) is 205 Å². The second-order valence-corrected chi connectivity index (χ2v) is 18.7. The number of hydrogen-bond donors (Lipinski definition) is 0. The van der Waals surface area contributed by atoms with Crippen molar-refractivity contribution < 1.29 is 4.42 Å². The number of fused-ring (bicyclic) bond motifs is 13. The molecule has 0 fully saturated rings. The Kier molecular flexibility index (Phi) is 6.69. The minimum Gasteiger partial charge on any atom is -0.455 e. The van der Waals surface area contributed by atoms with E-state index >= 15 is 0 Å². The standard InChI is InChI=1S/C53H33NOSi/c1-3-14-36(15-4-1)56(37-16-5-2-6-17-37)49-25-12-10-21-45(49)52-50(56)31-29-41-38-18-7-8-19-39(38)46-32-34(26-28-42(46)51(41)52)35-27-30-47(54-33-35)44-23-13-22-43-40-20-9-11-24-48(40)55-53(43)44/h1-33H. The average molecular weight is 728 g/mol. The fraction of sp³-hybridized carbons (Fsp3) is 0. The molecule has 2 nitrogen and oxygen atoms in total. The van der Waals surface area contributed by atoms with Crippen LogP contribution in [0.1, 0.15) is 0 Å². The van der Waals surface area contributed by atoms with Crippen LogP contribution in [-0.2, 0) is 0 Å². The van der Waals surface area contributed by atoms with Gasteiger partial charge in [-0.2, -0.15) is 0 Å². The van der Waals surface area contributed by atoms with Crippen molar-refractivity contribution in [2.45, 2.75) is 0 Å². The Balaban J connectivity index is 1.09. The van der Waals surface area contributed by atoms with E-state index in [1.165, 1.54) is 64.2 Å². The van der Waals surface area contributed by atoms with E-state index in [1.54, 1.807) is 0 Å². The van der Waals surface area contributed by atoms with Crippen LogP contribution < -0.4 is 20.7 Å². The Morgan fingerprint density at radius 3 is 1.77 bits per heavy atom. The first-order valence-corrected chi connectivity index (χ1v) is 21.3. The lowest BCUT2D eigenvalue weighted by Crippen LogP contribution is -2.72. The highest BCUT2D eigenvalue weighted by atomic mass is 28.3. The number of hydrogen-bond acceptors (Lipinski definition) is 2. The Hall–Kier alpha value is -7.07. The number of benzene rings is 9. The van der Waals surface area contributed by atoms with Crippen molar-refractivity contribution in [3.05, 3.63) is 200 Å². The molecule has 12 rings (SSSR count). The predicted molar refractivity (Wildman–Crippen MR) is 238 cm³/mol. The molecule has 0 radical (unpaired) electrons. The molecule has 0 aliphatic carbocycles. The largest absolute Gasteiger partial charge is 0.455 e. The monoisotopic (exact) mass is 727 g/mol. The molecule has 11 aromatic rings. The van der Waals surface area contributed by atoms with Gasteiger partial charge in [-0.1, -0.05) is 170 Å². The maximum atomic E-state index is 6.36. The van der Waals surface area contributed by atoms with Gasteiger partial charge in [0.15, 0.2) is 8.07 Å². The smallest absolute Gasteiger partial charge is 0.180 e. The summed E-state index contributed by atoms with van der Waals surface area (Å²) in [5.74, 6) is 0. The molecular formula is C53H33NOSi. The molecule has 0 spiro atoms. The van der Waals surface area contributed by atoms with Crippen LogP contribution >= 0.6 is 0 Å². The molecule has 0 atom stereocenters. The van der Waals surface area contributed by atoms with Crippen molar-refractivity contribution in [1.29, 1.82) is 0 Å². The van der Waals surface area contributed by atoms with Gasteiger partial charge in [-0.15, -0.1) is 0 Å². The fourth-order valence-electron chi connectivity index (χ4n) is 9.83. The summed E-state index contributed by atoms with van der Waals surface area (Å²) in [6, 6.07) is 71.4. The summed E-state index contributed by atoms with van der Waals surface area (Å²) in [6.45, 7) is 0. The first-order valence-electron chi connectivity index (χ1n) is 19.3. The minimum absolute atomic E-state index is 0.874. The van der Waals surface area contributed by atoms with Gasteiger partial charge in [0.25, 0.3) is 0 Å². The van der Waals surface area contributed by atoms with Gasteiger partial charge >= 0.3 is 0 Å². The van der Waals surface area contributed by atoms with Crippen molar-refractivity contribution in [3.63, 3.8) is 0 Å². The minimum atomic E-state index is -2.64. The molecule has 56 heavy (non-hydrogen) atoms. The summed E-state index contributed by atoms with van der Waals surface area (Å²) in [7, 11) is -2.64. The highest BCUT2D eigenvalue weighted by Gasteiger charge is 2.49. The molecule has 0 N–H and O–H groups in total. The quantitative estimate of drug-likeness (QED) is 0.133. The lowest BCUT2D eigenvalue weighted by atomic mass is 9.88. The van der Waals surface area contributed by atoms with Gasteiger partial charge in [-0.3, -0.25) is 4.98 Å². The molecule has 9 aromatic carbocycles. The number of nitrogens with zero attached hydrogens (tertiary/aromatic N) is 1. The number of rotatable bonds is 4. The molecule has 1 aliphatic heterocycles. The summed E-state index contributed by atoms with van der Waals surface area (Å²) >= 11 is 0. The van der Waals surface area contributed by atoms with Crippen LogP contribution in [0.2, 0.25) is 0 Å². The van der Waals surface area contributed by atoms with E-state index in [1.807, 2.05) is 18.3 Å². The molecule has 3 heterocycles. The lowest BCUT2D eigenvalue weighted by molar-refractivity contribution is 0.670. The highest BCUT2D eigenvalue weighted by molar-refractivity contribution is 7.22. The van der Waals surface area contributed by atoms with E-state index in [2.05, 4.69) is 182 Å². The van der Waals surface area contributed by atoms with E-state index in [-0.39, 0.29) is 0 Å². The summed E-state index contributed by atoms with van der Waals surface area (Å²) in [6.07, 6.45) is 2.01. The number of para-hydroxylation sites is 2. The van der Waals surface area contributed by atoms with Crippen molar-refractivity contribution >= 4 is 83.1 Å². The molecule has 3 heteroatoms. The van der Waals surface area contributed by atoms with E-state index in [9.17, 15) is 0 Å². The zero-order valence-corrected chi connectivity index (χ0v) is 31.4. The lowest BCUT2D eigenvalue weighted by Gasteiger charge is -2.31. The Labute approximate surface area is 325 Å². The van der Waals surface area contributed by atoms with E-state index < -0.39 is 8.07 Å². The number of aromatic nitrogens is 1. The number of furan rings is 1. The first kappa shape index (κ1) is 31.3. The molecular weight excluding hydrogens is 695 g/mol. The molecule has 0 amide bonds. The topological polar surface area (TPSA) is 26.0 Å². The second kappa shape index (κ2) is 12.0. The Morgan fingerprint density at radius 2 is 1.00 bits per heavy atom. The summed E-state index contributed by atoms with van der Waals surface area (Å²) in [4.78, 5) is 5.03. The van der Waals surface area contributed by atoms with E-state index in [0.717, 1.165) is 44.3 Å². The second-order valence-electron chi connectivity index (χ2n) is 15.0. The van der Waals surface area contributed by atoms with Crippen LogP contribution in [0.25, 0.3) is 87.8 Å². The Bertz CT molecular complexity index is 3310. The zero-order valence-electron chi connectivity index (χ0n) is 30.4. The molecule has 2 aromatic heterocycles. The maximum Gasteiger partial charge on any atom is 0.180 e. The summed E-state index contributed by atoms with van der Waals surface area (Å²) in [5, 5.41) is 15.7. The molecule has 0 bridgehead atoms. The van der Waals surface area contributed by atoms with E-state index in [0.29, 0.717) is 0 Å². The SMILES string of the molecule is c1ccc([Si]2(c3ccccc3)c3ccccc3-c3c2ccc2c4ccccc4c4cc(-c5ccc(-c6cccc7c6oc6ccccc67)nc5)ccc4c32)cc1. The van der Waals surface area contributed by atoms with Gasteiger partial charge in [-0.25, -0.2) is 0 Å². The van der Waals surface area contributed by atoms with Gasteiger partial charge in [-0.05, 0) is 94.0 Å². The third-order valence-corrected chi connectivity index (χ3v) is 17.1. The van der Waals surface area contributed by atoms with Crippen LogP contribution in [0.3, 0.4) is 0 Å².